The Kier molecular flexibility index (Phi) is 9.56. The first-order valence-corrected chi connectivity index (χ1v) is 16.2. The summed E-state index contributed by atoms with van der Waals surface area (Å²) in [6, 6.07) is 3.79. The molecule has 1 aromatic rings. The van der Waals surface area contributed by atoms with Crippen LogP contribution in [0.3, 0.4) is 0 Å². The highest BCUT2D eigenvalue weighted by Crippen LogP contribution is 2.45. The molecular weight excluding hydrogens is 584 g/mol. The van der Waals surface area contributed by atoms with Gasteiger partial charge in [-0.25, -0.2) is 17.9 Å². The van der Waals surface area contributed by atoms with Crippen molar-refractivity contribution in [3.8, 4) is 0 Å². The van der Waals surface area contributed by atoms with Crippen LogP contribution in [0, 0.1) is 5.92 Å². The summed E-state index contributed by atoms with van der Waals surface area (Å²) >= 11 is 5.95. The number of fused-ring (bicyclic) bond motifs is 2. The molecule has 4 amide bonds. The number of benzene rings is 1. The van der Waals surface area contributed by atoms with Crippen LogP contribution in [0.4, 0.5) is 4.79 Å². The zero-order valence-electron chi connectivity index (χ0n) is 24.2. The average Bonchev–Trinajstić information content (AvgIpc) is 3.35. The average molecular weight is 623 g/mol. The Balaban J connectivity index is 1.56. The first-order valence-electron chi connectivity index (χ1n) is 14.3. The van der Waals surface area contributed by atoms with E-state index in [0.717, 1.165) is 12.8 Å². The standard InChI is InChI=1S/C29H39ClN4O7S/c1-28(2,3)41-27(38)31-22-14-8-6-4-5-7-11-19-18-29(19,32-24(35)23-15-10-16-34(23)25(22)36)26(37)33-42(39,40)21-13-9-12-20(30)17-21/h7,9,11-13,17,19,22-23H,4-6,8,10,14-16,18H2,1-3H3,(H,31,38)(H,32,35)(H,33,37)/t19-,22+,23+,29-/m1/s1. The van der Waals surface area contributed by atoms with Gasteiger partial charge in [0, 0.05) is 17.5 Å². The van der Waals surface area contributed by atoms with Gasteiger partial charge in [-0.3, -0.25) is 14.4 Å². The van der Waals surface area contributed by atoms with Gasteiger partial charge in [-0.2, -0.15) is 0 Å². The number of nitrogens with zero attached hydrogens (tertiary/aromatic N) is 1. The molecule has 1 aromatic carbocycles. The van der Waals surface area contributed by atoms with Crippen LogP contribution in [0.15, 0.2) is 41.3 Å². The van der Waals surface area contributed by atoms with Crippen molar-refractivity contribution in [2.75, 3.05) is 6.54 Å². The topological polar surface area (TPSA) is 151 Å². The number of carbonyl (C=O) groups excluding carboxylic acids is 4. The number of alkyl carbamates (subject to hydrolysis) is 1. The van der Waals surface area contributed by atoms with Gasteiger partial charge in [0.05, 0.1) is 4.90 Å². The van der Waals surface area contributed by atoms with Gasteiger partial charge in [-0.1, -0.05) is 42.7 Å². The van der Waals surface area contributed by atoms with E-state index in [1.165, 1.54) is 29.2 Å². The summed E-state index contributed by atoms with van der Waals surface area (Å²) in [6.07, 6.45) is 7.62. The third kappa shape index (κ3) is 7.63. The minimum atomic E-state index is -4.26. The second-order valence-corrected chi connectivity index (χ2v) is 14.2. The number of amides is 4. The molecule has 1 saturated heterocycles. The van der Waals surface area contributed by atoms with Crippen molar-refractivity contribution in [1.29, 1.82) is 0 Å². The predicted molar refractivity (Wildman–Crippen MR) is 156 cm³/mol. The van der Waals surface area contributed by atoms with E-state index < -0.39 is 57.1 Å². The lowest BCUT2D eigenvalue weighted by Gasteiger charge is -2.30. The number of halogens is 1. The number of hydrogen-bond acceptors (Lipinski definition) is 7. The molecule has 1 aliphatic carbocycles. The minimum Gasteiger partial charge on any atom is -0.444 e. The largest absolute Gasteiger partial charge is 0.444 e. The summed E-state index contributed by atoms with van der Waals surface area (Å²) in [5.41, 5.74) is -2.23. The zero-order chi connectivity index (χ0) is 30.7. The third-order valence-electron chi connectivity index (χ3n) is 7.66. The van der Waals surface area contributed by atoms with Gasteiger partial charge in [0.15, 0.2) is 0 Å². The highest BCUT2D eigenvalue weighted by Gasteiger charge is 2.61. The lowest BCUT2D eigenvalue weighted by molar-refractivity contribution is -0.141. The van der Waals surface area contributed by atoms with Gasteiger partial charge in [0.2, 0.25) is 11.8 Å². The molecule has 13 heteroatoms. The fraction of sp³-hybridized carbons (Fsp3) is 0.586. The Morgan fingerprint density at radius 3 is 2.60 bits per heavy atom. The van der Waals surface area contributed by atoms with E-state index in [4.69, 9.17) is 16.3 Å². The Morgan fingerprint density at radius 1 is 1.12 bits per heavy atom. The maximum absolute atomic E-state index is 13.7. The second-order valence-electron chi connectivity index (χ2n) is 12.1. The molecule has 42 heavy (non-hydrogen) atoms. The van der Waals surface area contributed by atoms with Gasteiger partial charge < -0.3 is 20.3 Å². The molecule has 11 nitrogen and oxygen atoms in total. The smallest absolute Gasteiger partial charge is 0.408 e. The van der Waals surface area contributed by atoms with Crippen molar-refractivity contribution >= 4 is 45.4 Å². The normalized spacial score (nSPS) is 27.0. The maximum Gasteiger partial charge on any atom is 0.408 e. The maximum atomic E-state index is 13.7. The van der Waals surface area contributed by atoms with Gasteiger partial charge in [0.25, 0.3) is 15.9 Å². The van der Waals surface area contributed by atoms with Gasteiger partial charge in [0.1, 0.15) is 23.2 Å². The van der Waals surface area contributed by atoms with E-state index in [9.17, 15) is 27.6 Å². The number of hydrogen-bond donors (Lipinski definition) is 3. The fourth-order valence-electron chi connectivity index (χ4n) is 5.45. The van der Waals surface area contributed by atoms with Gasteiger partial charge in [-0.05, 0) is 77.5 Å². The van der Waals surface area contributed by atoms with Crippen LogP contribution in [-0.4, -0.2) is 66.9 Å². The molecular formula is C29H39ClN4O7S. The van der Waals surface area contributed by atoms with E-state index in [-0.39, 0.29) is 22.2 Å². The molecule has 2 heterocycles. The third-order valence-corrected chi connectivity index (χ3v) is 9.22. The van der Waals surface area contributed by atoms with Crippen LogP contribution >= 0.6 is 11.6 Å². The van der Waals surface area contributed by atoms with Crippen LogP contribution < -0.4 is 15.4 Å². The van der Waals surface area contributed by atoms with Crippen molar-refractivity contribution in [2.24, 2.45) is 5.92 Å². The Bertz CT molecular complexity index is 1360. The molecule has 1 saturated carbocycles. The molecule has 4 rings (SSSR count). The highest BCUT2D eigenvalue weighted by molar-refractivity contribution is 7.90. The number of nitrogens with one attached hydrogen (secondary N) is 3. The highest BCUT2D eigenvalue weighted by atomic mass is 35.5. The van der Waals surface area contributed by atoms with Gasteiger partial charge >= 0.3 is 6.09 Å². The quantitative estimate of drug-likeness (QED) is 0.435. The van der Waals surface area contributed by atoms with Crippen molar-refractivity contribution in [1.82, 2.24) is 20.3 Å². The lowest BCUT2D eigenvalue weighted by atomic mass is 10.0. The van der Waals surface area contributed by atoms with E-state index >= 15 is 0 Å². The summed E-state index contributed by atoms with van der Waals surface area (Å²) in [5, 5.41) is 5.69. The molecule has 2 aliphatic heterocycles. The second kappa shape index (κ2) is 12.6. The first kappa shape index (κ1) is 31.8. The number of sulfonamides is 1. The number of ether oxygens (including phenoxy) is 1. The van der Waals surface area contributed by atoms with Crippen LogP contribution in [0.5, 0.6) is 0 Å². The lowest BCUT2D eigenvalue weighted by Crippen LogP contribution is -2.58. The van der Waals surface area contributed by atoms with E-state index in [0.29, 0.717) is 38.6 Å². The summed E-state index contributed by atoms with van der Waals surface area (Å²) in [7, 11) is -4.26. The minimum absolute atomic E-state index is 0.174. The SMILES string of the molecule is CC(C)(C)OC(=O)N[C@H]1CCCCCC=C[C@@H]2C[C@@]2(C(=O)NS(=O)(=O)c2cccc(Cl)c2)NC(=O)[C@@H]2CCCN2C1=O. The van der Waals surface area contributed by atoms with E-state index in [2.05, 4.69) is 15.4 Å². The van der Waals surface area contributed by atoms with Crippen LogP contribution in [-0.2, 0) is 29.1 Å². The number of rotatable bonds is 4. The molecule has 0 spiro atoms. The molecule has 0 unspecified atom stereocenters. The van der Waals surface area contributed by atoms with Crippen LogP contribution in [0.1, 0.15) is 72.1 Å². The van der Waals surface area contributed by atoms with Crippen LogP contribution in [0.2, 0.25) is 5.02 Å². The molecule has 2 fully saturated rings. The molecule has 230 valence electrons. The Hall–Kier alpha value is -3.12. The fourth-order valence-corrected chi connectivity index (χ4v) is 6.79. The van der Waals surface area contributed by atoms with E-state index in [1.807, 2.05) is 12.2 Å². The summed E-state index contributed by atoms with van der Waals surface area (Å²) in [5.74, 6) is -2.19. The zero-order valence-corrected chi connectivity index (χ0v) is 25.7. The Labute approximate surface area is 251 Å². The van der Waals surface area contributed by atoms with Crippen molar-refractivity contribution < 1.29 is 32.3 Å². The van der Waals surface area contributed by atoms with Crippen LogP contribution in [0.25, 0.3) is 0 Å². The molecule has 0 aromatic heterocycles. The van der Waals surface area contributed by atoms with Crippen molar-refractivity contribution in [3.63, 3.8) is 0 Å². The summed E-state index contributed by atoms with van der Waals surface area (Å²) in [4.78, 5) is 54.6. The summed E-state index contributed by atoms with van der Waals surface area (Å²) < 4.78 is 33.5. The summed E-state index contributed by atoms with van der Waals surface area (Å²) in [6.45, 7) is 5.51. The predicted octanol–water partition coefficient (Wildman–Crippen LogP) is 3.42. The molecule has 3 aliphatic rings. The molecule has 3 N–H and O–H groups in total. The molecule has 0 bridgehead atoms. The molecule has 0 radical (unpaired) electrons. The van der Waals surface area contributed by atoms with Crippen molar-refractivity contribution in [3.05, 3.63) is 41.4 Å². The number of carbonyl (C=O) groups is 4. The monoisotopic (exact) mass is 622 g/mol. The van der Waals surface area contributed by atoms with E-state index in [1.54, 1.807) is 20.8 Å². The first-order chi connectivity index (χ1) is 19.7. The Morgan fingerprint density at radius 2 is 1.88 bits per heavy atom. The molecule has 4 atom stereocenters. The number of allylic oxidation sites excluding steroid dienone is 1. The van der Waals surface area contributed by atoms with Gasteiger partial charge in [-0.15, -0.1) is 0 Å². The van der Waals surface area contributed by atoms with Crippen molar-refractivity contribution in [2.45, 2.75) is 100 Å².